The summed E-state index contributed by atoms with van der Waals surface area (Å²) >= 11 is 1.81. The van der Waals surface area contributed by atoms with E-state index in [1.165, 1.54) is 27.5 Å². The molecule has 2 aromatic heterocycles. The first-order chi connectivity index (χ1) is 18.8. The molecule has 0 saturated carbocycles. The minimum atomic E-state index is -3.58. The summed E-state index contributed by atoms with van der Waals surface area (Å²) < 4.78 is 41.2. The summed E-state index contributed by atoms with van der Waals surface area (Å²) in [6.45, 7) is 6.06. The molecule has 0 aliphatic carbocycles. The summed E-state index contributed by atoms with van der Waals surface area (Å²) in [4.78, 5) is 11.6. The highest BCUT2D eigenvalue weighted by atomic mass is 32.2. The van der Waals surface area contributed by atoms with Crippen molar-refractivity contribution < 1.29 is 12.8 Å². The van der Waals surface area contributed by atoms with E-state index in [-0.39, 0.29) is 10.7 Å². The monoisotopic (exact) mass is 566 g/mol. The van der Waals surface area contributed by atoms with Crippen molar-refractivity contribution in [3.63, 3.8) is 0 Å². The summed E-state index contributed by atoms with van der Waals surface area (Å²) in [6.07, 6.45) is 3.16. The lowest BCUT2D eigenvalue weighted by atomic mass is 10.1. The highest BCUT2D eigenvalue weighted by Gasteiger charge is 2.29. The van der Waals surface area contributed by atoms with Gasteiger partial charge in [0, 0.05) is 53.0 Å². The lowest BCUT2D eigenvalue weighted by Crippen LogP contribution is -2.44. The molecule has 3 N–H and O–H groups in total. The van der Waals surface area contributed by atoms with Crippen LogP contribution in [0.1, 0.15) is 28.2 Å². The number of hydrogen-bond donors (Lipinski definition) is 3. The lowest BCUT2D eigenvalue weighted by molar-refractivity contribution is 0.289. The number of rotatable bonds is 9. The molecule has 1 saturated heterocycles. The van der Waals surface area contributed by atoms with Crippen LogP contribution in [-0.4, -0.2) is 41.8 Å². The van der Waals surface area contributed by atoms with Crippen molar-refractivity contribution in [3.8, 4) is 0 Å². The maximum Gasteiger partial charge on any atom is 0.243 e. The Morgan fingerprint density at radius 1 is 0.974 bits per heavy atom. The van der Waals surface area contributed by atoms with E-state index >= 15 is 0 Å². The minimum absolute atomic E-state index is 0.261. The topological polar surface area (TPSA) is 99.3 Å². The lowest BCUT2D eigenvalue weighted by Gasteiger charge is -2.31. The summed E-state index contributed by atoms with van der Waals surface area (Å²) in [5.74, 6) is 0.574. The Morgan fingerprint density at radius 3 is 2.31 bits per heavy atom. The second-order valence-electron chi connectivity index (χ2n) is 9.56. The molecule has 0 radical (unpaired) electrons. The summed E-state index contributed by atoms with van der Waals surface area (Å²) in [6, 6.07) is 16.8. The van der Waals surface area contributed by atoms with Gasteiger partial charge in [-0.3, -0.25) is 0 Å². The van der Waals surface area contributed by atoms with E-state index in [0.29, 0.717) is 42.3 Å². The molecule has 2 aromatic carbocycles. The van der Waals surface area contributed by atoms with Crippen molar-refractivity contribution >= 4 is 44.5 Å². The van der Waals surface area contributed by atoms with Gasteiger partial charge in [0.1, 0.15) is 11.6 Å². The maximum atomic E-state index is 13.3. The van der Waals surface area contributed by atoms with Crippen molar-refractivity contribution in [2.45, 2.75) is 44.2 Å². The van der Waals surface area contributed by atoms with E-state index in [1.807, 2.05) is 11.3 Å². The standard InChI is InChI=1S/C28H31FN6O2S2/c1-19-17-25(38-20(19)2)18-31-22-12-15-35(16-13-22)39(36,37)26-9-7-24(8-10-26)33-28-30-14-11-27(34-28)32-23-5-3-21(29)4-6-23/h3-11,14,17,22,31H,12-13,15-16,18H2,1-2H3,(H2,30,32,33,34). The molecule has 0 atom stereocenters. The van der Waals surface area contributed by atoms with Gasteiger partial charge in [-0.15, -0.1) is 11.3 Å². The molecule has 8 nitrogen and oxygen atoms in total. The number of halogens is 1. The Kier molecular flexibility index (Phi) is 8.22. The van der Waals surface area contributed by atoms with Crippen molar-refractivity contribution in [3.05, 3.63) is 88.0 Å². The third kappa shape index (κ3) is 6.80. The number of anilines is 4. The van der Waals surface area contributed by atoms with Crippen LogP contribution in [-0.2, 0) is 16.6 Å². The number of hydrogen-bond acceptors (Lipinski definition) is 8. The van der Waals surface area contributed by atoms with E-state index in [4.69, 9.17) is 0 Å². The number of nitrogens with zero attached hydrogens (tertiary/aromatic N) is 3. The van der Waals surface area contributed by atoms with Gasteiger partial charge in [0.15, 0.2) is 0 Å². The Balaban J connectivity index is 1.15. The number of nitrogens with one attached hydrogen (secondary N) is 3. The molecule has 1 fully saturated rings. The molecule has 11 heteroatoms. The van der Waals surface area contributed by atoms with Crippen LogP contribution < -0.4 is 16.0 Å². The normalized spacial score (nSPS) is 14.8. The van der Waals surface area contributed by atoms with Crippen LogP contribution in [0.15, 0.2) is 71.8 Å². The smallest absolute Gasteiger partial charge is 0.243 e. The fourth-order valence-electron chi connectivity index (χ4n) is 4.44. The Bertz CT molecular complexity index is 1500. The van der Waals surface area contributed by atoms with Crippen LogP contribution in [0.3, 0.4) is 0 Å². The number of sulfonamides is 1. The molecule has 4 aromatic rings. The zero-order chi connectivity index (χ0) is 27.4. The zero-order valence-corrected chi connectivity index (χ0v) is 23.4. The van der Waals surface area contributed by atoms with E-state index in [9.17, 15) is 12.8 Å². The predicted molar refractivity (Wildman–Crippen MR) is 154 cm³/mol. The first kappa shape index (κ1) is 27.2. The van der Waals surface area contributed by atoms with Crippen LogP contribution in [0.25, 0.3) is 0 Å². The van der Waals surface area contributed by atoms with Crippen molar-refractivity contribution in [2.24, 2.45) is 0 Å². The molecule has 0 spiro atoms. The summed E-state index contributed by atoms with van der Waals surface area (Å²) in [5.41, 5.74) is 2.68. The maximum absolute atomic E-state index is 13.3. The van der Waals surface area contributed by atoms with Crippen LogP contribution >= 0.6 is 11.3 Å². The molecule has 5 rings (SSSR count). The van der Waals surface area contributed by atoms with Crippen LogP contribution in [0.4, 0.5) is 27.5 Å². The Morgan fingerprint density at radius 2 is 1.64 bits per heavy atom. The van der Waals surface area contributed by atoms with Crippen molar-refractivity contribution in [2.75, 3.05) is 23.7 Å². The number of thiophene rings is 1. The predicted octanol–water partition coefficient (Wildman–Crippen LogP) is 5.72. The molecular formula is C28H31FN6O2S2. The van der Waals surface area contributed by atoms with Gasteiger partial charge in [0.25, 0.3) is 0 Å². The van der Waals surface area contributed by atoms with Crippen LogP contribution in [0.5, 0.6) is 0 Å². The largest absolute Gasteiger partial charge is 0.340 e. The van der Waals surface area contributed by atoms with Gasteiger partial charge in [-0.1, -0.05) is 0 Å². The van der Waals surface area contributed by atoms with Gasteiger partial charge >= 0.3 is 0 Å². The van der Waals surface area contributed by atoms with E-state index in [2.05, 4.69) is 45.8 Å². The number of benzene rings is 2. The number of piperidine rings is 1. The molecule has 0 bridgehead atoms. The van der Waals surface area contributed by atoms with Gasteiger partial charge in [0.05, 0.1) is 4.90 Å². The first-order valence-electron chi connectivity index (χ1n) is 12.8. The zero-order valence-electron chi connectivity index (χ0n) is 21.8. The second kappa shape index (κ2) is 11.8. The Labute approximate surface area is 232 Å². The highest BCUT2D eigenvalue weighted by Crippen LogP contribution is 2.25. The van der Waals surface area contributed by atoms with Crippen molar-refractivity contribution in [1.82, 2.24) is 19.6 Å². The SMILES string of the molecule is Cc1cc(CNC2CCN(S(=O)(=O)c3ccc(Nc4nccc(Nc5ccc(F)cc5)n4)cc3)CC2)sc1C. The van der Waals surface area contributed by atoms with Crippen LogP contribution in [0, 0.1) is 19.7 Å². The molecular weight excluding hydrogens is 535 g/mol. The number of aryl methyl sites for hydroxylation is 2. The summed E-state index contributed by atoms with van der Waals surface area (Å²) in [7, 11) is -3.58. The molecule has 1 aliphatic rings. The third-order valence-electron chi connectivity index (χ3n) is 6.76. The van der Waals surface area contributed by atoms with E-state index in [0.717, 1.165) is 19.4 Å². The van der Waals surface area contributed by atoms with Crippen LogP contribution in [0.2, 0.25) is 0 Å². The van der Waals surface area contributed by atoms with Gasteiger partial charge in [-0.2, -0.15) is 9.29 Å². The quantitative estimate of drug-likeness (QED) is 0.238. The third-order valence-corrected chi connectivity index (χ3v) is 9.82. The molecule has 1 aliphatic heterocycles. The fraction of sp³-hybridized carbons (Fsp3) is 0.286. The molecule has 204 valence electrons. The molecule has 3 heterocycles. The Hall–Kier alpha value is -3.38. The average Bonchev–Trinajstić information content (AvgIpc) is 3.26. The molecule has 0 amide bonds. The van der Waals surface area contributed by atoms with Gasteiger partial charge in [-0.25, -0.2) is 17.8 Å². The van der Waals surface area contributed by atoms with Gasteiger partial charge < -0.3 is 16.0 Å². The van der Waals surface area contributed by atoms with Gasteiger partial charge in [-0.05, 0) is 92.9 Å². The first-order valence-corrected chi connectivity index (χ1v) is 15.0. The second-order valence-corrected chi connectivity index (χ2v) is 12.8. The number of aromatic nitrogens is 2. The van der Waals surface area contributed by atoms with Gasteiger partial charge in [0.2, 0.25) is 16.0 Å². The molecule has 0 unspecified atom stereocenters. The fourth-order valence-corrected chi connectivity index (χ4v) is 6.91. The summed E-state index contributed by atoms with van der Waals surface area (Å²) in [5, 5.41) is 9.79. The van der Waals surface area contributed by atoms with E-state index < -0.39 is 10.0 Å². The average molecular weight is 567 g/mol. The molecule has 39 heavy (non-hydrogen) atoms. The highest BCUT2D eigenvalue weighted by molar-refractivity contribution is 7.89. The van der Waals surface area contributed by atoms with Crippen molar-refractivity contribution in [1.29, 1.82) is 0 Å². The minimum Gasteiger partial charge on any atom is -0.340 e. The van der Waals surface area contributed by atoms with E-state index in [1.54, 1.807) is 53.0 Å².